The summed E-state index contributed by atoms with van der Waals surface area (Å²) in [5.74, 6) is 0.341. The molecule has 136 valence electrons. The molecule has 0 aliphatic carbocycles. The van der Waals surface area contributed by atoms with E-state index in [0.29, 0.717) is 23.0 Å². The molecule has 0 bridgehead atoms. The van der Waals surface area contributed by atoms with Crippen molar-refractivity contribution in [2.24, 2.45) is 0 Å². The standard InChI is InChI=1S/C20H23N3O2S/c1-2-25-18-11-7-6-10-17(18)19(24)21-20(26)23-14-12-22(13-15-23)16-8-4-3-5-9-16/h3-11H,2,12-15H2,1H3,(H,21,24,26). The van der Waals surface area contributed by atoms with Gasteiger partial charge in [0, 0.05) is 31.9 Å². The summed E-state index contributed by atoms with van der Waals surface area (Å²) in [6.07, 6.45) is 0. The van der Waals surface area contributed by atoms with Crippen molar-refractivity contribution in [3.05, 3.63) is 60.2 Å². The molecule has 1 N–H and O–H groups in total. The number of carbonyl (C=O) groups is 1. The Morgan fingerprint density at radius 2 is 1.69 bits per heavy atom. The van der Waals surface area contributed by atoms with Crippen LogP contribution in [0.2, 0.25) is 0 Å². The summed E-state index contributed by atoms with van der Waals surface area (Å²) < 4.78 is 5.52. The van der Waals surface area contributed by atoms with Crippen LogP contribution in [0.15, 0.2) is 54.6 Å². The number of rotatable bonds is 4. The zero-order valence-corrected chi connectivity index (χ0v) is 15.7. The molecule has 0 atom stereocenters. The first-order valence-corrected chi connectivity index (χ1v) is 9.22. The zero-order chi connectivity index (χ0) is 18.4. The fourth-order valence-electron chi connectivity index (χ4n) is 2.99. The van der Waals surface area contributed by atoms with Crippen molar-refractivity contribution < 1.29 is 9.53 Å². The number of piperazine rings is 1. The Balaban J connectivity index is 1.57. The van der Waals surface area contributed by atoms with E-state index in [1.807, 2.05) is 42.2 Å². The quantitative estimate of drug-likeness (QED) is 0.840. The number of amides is 1. The first-order chi connectivity index (χ1) is 12.7. The SMILES string of the molecule is CCOc1ccccc1C(=O)NC(=S)N1CCN(c2ccccc2)CC1. The molecular weight excluding hydrogens is 346 g/mol. The van der Waals surface area contributed by atoms with E-state index in [-0.39, 0.29) is 5.91 Å². The largest absolute Gasteiger partial charge is 0.493 e. The van der Waals surface area contributed by atoms with Crippen LogP contribution in [0, 0.1) is 0 Å². The minimum Gasteiger partial charge on any atom is -0.493 e. The van der Waals surface area contributed by atoms with Crippen molar-refractivity contribution in [3.8, 4) is 5.75 Å². The van der Waals surface area contributed by atoms with Crippen LogP contribution in [0.5, 0.6) is 5.75 Å². The van der Waals surface area contributed by atoms with E-state index in [1.165, 1.54) is 5.69 Å². The molecule has 3 rings (SSSR count). The highest BCUT2D eigenvalue weighted by Crippen LogP contribution is 2.18. The molecule has 26 heavy (non-hydrogen) atoms. The van der Waals surface area contributed by atoms with Crippen LogP contribution in [0.1, 0.15) is 17.3 Å². The van der Waals surface area contributed by atoms with Crippen LogP contribution in [-0.4, -0.2) is 48.7 Å². The van der Waals surface area contributed by atoms with E-state index in [9.17, 15) is 4.79 Å². The summed E-state index contributed by atoms with van der Waals surface area (Å²) in [7, 11) is 0. The fourth-order valence-corrected chi connectivity index (χ4v) is 3.26. The second-order valence-corrected chi connectivity index (χ2v) is 6.38. The molecule has 1 heterocycles. The zero-order valence-electron chi connectivity index (χ0n) is 14.9. The molecule has 6 heteroatoms. The second-order valence-electron chi connectivity index (χ2n) is 6.00. The van der Waals surface area contributed by atoms with E-state index in [4.69, 9.17) is 17.0 Å². The van der Waals surface area contributed by atoms with Gasteiger partial charge in [0.15, 0.2) is 5.11 Å². The van der Waals surface area contributed by atoms with Crippen molar-refractivity contribution in [3.63, 3.8) is 0 Å². The number of anilines is 1. The van der Waals surface area contributed by atoms with E-state index in [0.717, 1.165) is 26.2 Å². The number of thiocarbonyl (C=S) groups is 1. The number of benzene rings is 2. The number of carbonyl (C=O) groups excluding carboxylic acids is 1. The van der Waals surface area contributed by atoms with Gasteiger partial charge in [-0.15, -0.1) is 0 Å². The molecular formula is C20H23N3O2S. The second kappa shape index (κ2) is 8.67. The number of hydrogen-bond acceptors (Lipinski definition) is 4. The summed E-state index contributed by atoms with van der Waals surface area (Å²) >= 11 is 5.45. The summed E-state index contributed by atoms with van der Waals surface area (Å²) in [6.45, 7) is 5.70. The predicted octanol–water partition coefficient (Wildman–Crippen LogP) is 2.92. The van der Waals surface area contributed by atoms with Gasteiger partial charge in [-0.3, -0.25) is 10.1 Å². The molecule has 2 aromatic rings. The topological polar surface area (TPSA) is 44.8 Å². The average Bonchev–Trinajstić information content (AvgIpc) is 2.69. The van der Waals surface area contributed by atoms with Crippen LogP contribution >= 0.6 is 12.2 Å². The van der Waals surface area contributed by atoms with E-state index in [2.05, 4.69) is 22.3 Å². The molecule has 1 amide bonds. The maximum Gasteiger partial charge on any atom is 0.261 e. The van der Waals surface area contributed by atoms with Gasteiger partial charge in [0.2, 0.25) is 0 Å². The van der Waals surface area contributed by atoms with Crippen molar-refractivity contribution in [1.29, 1.82) is 0 Å². The summed E-state index contributed by atoms with van der Waals surface area (Å²) in [5, 5.41) is 3.31. The lowest BCUT2D eigenvalue weighted by Crippen LogP contribution is -2.52. The van der Waals surface area contributed by atoms with Gasteiger partial charge in [-0.2, -0.15) is 0 Å². The molecule has 1 saturated heterocycles. The number of ether oxygens (including phenoxy) is 1. The average molecular weight is 369 g/mol. The minimum atomic E-state index is -0.232. The molecule has 0 unspecified atom stereocenters. The van der Waals surface area contributed by atoms with Gasteiger partial charge in [-0.25, -0.2) is 0 Å². The van der Waals surface area contributed by atoms with Crippen LogP contribution in [-0.2, 0) is 0 Å². The smallest absolute Gasteiger partial charge is 0.261 e. The van der Waals surface area contributed by atoms with Crippen LogP contribution < -0.4 is 15.0 Å². The van der Waals surface area contributed by atoms with Crippen molar-refractivity contribution in [2.45, 2.75) is 6.92 Å². The van der Waals surface area contributed by atoms with E-state index >= 15 is 0 Å². The van der Waals surface area contributed by atoms with Crippen molar-refractivity contribution in [2.75, 3.05) is 37.7 Å². The Kier molecular flexibility index (Phi) is 6.07. The van der Waals surface area contributed by atoms with Gasteiger partial charge in [0.05, 0.1) is 12.2 Å². The van der Waals surface area contributed by atoms with Crippen LogP contribution in [0.25, 0.3) is 0 Å². The highest BCUT2D eigenvalue weighted by molar-refractivity contribution is 7.80. The molecule has 0 saturated carbocycles. The van der Waals surface area contributed by atoms with Gasteiger partial charge < -0.3 is 14.5 Å². The summed E-state index contributed by atoms with van der Waals surface area (Å²) in [4.78, 5) is 16.9. The molecule has 5 nitrogen and oxygen atoms in total. The minimum absolute atomic E-state index is 0.232. The van der Waals surface area contributed by atoms with Crippen LogP contribution in [0.4, 0.5) is 5.69 Å². The molecule has 0 aromatic heterocycles. The summed E-state index contributed by atoms with van der Waals surface area (Å²) in [5.41, 5.74) is 1.72. The Bertz CT molecular complexity index is 759. The molecule has 2 aromatic carbocycles. The molecule has 0 spiro atoms. The highest BCUT2D eigenvalue weighted by atomic mass is 32.1. The molecule has 0 radical (unpaired) electrons. The Labute approximate surface area is 159 Å². The molecule has 1 fully saturated rings. The molecule has 1 aliphatic rings. The van der Waals surface area contributed by atoms with Crippen LogP contribution in [0.3, 0.4) is 0 Å². The first kappa shape index (κ1) is 18.2. The van der Waals surface area contributed by atoms with Gasteiger partial charge in [-0.1, -0.05) is 30.3 Å². The Hall–Kier alpha value is -2.60. The maximum absolute atomic E-state index is 12.6. The Morgan fingerprint density at radius 3 is 2.38 bits per heavy atom. The van der Waals surface area contributed by atoms with Gasteiger partial charge in [0.25, 0.3) is 5.91 Å². The number of nitrogens with one attached hydrogen (secondary N) is 1. The number of nitrogens with zero attached hydrogens (tertiary/aromatic N) is 2. The maximum atomic E-state index is 12.6. The number of para-hydroxylation sites is 2. The van der Waals surface area contributed by atoms with Gasteiger partial charge in [-0.05, 0) is 43.4 Å². The third-order valence-corrected chi connectivity index (χ3v) is 4.70. The first-order valence-electron chi connectivity index (χ1n) is 8.81. The number of hydrogen-bond donors (Lipinski definition) is 1. The Morgan fingerprint density at radius 1 is 1.04 bits per heavy atom. The lowest BCUT2D eigenvalue weighted by atomic mass is 10.2. The van der Waals surface area contributed by atoms with E-state index < -0.39 is 0 Å². The lowest BCUT2D eigenvalue weighted by molar-refractivity contribution is 0.0969. The fraction of sp³-hybridized carbons (Fsp3) is 0.300. The monoisotopic (exact) mass is 369 g/mol. The van der Waals surface area contributed by atoms with E-state index in [1.54, 1.807) is 12.1 Å². The third-order valence-electron chi connectivity index (χ3n) is 4.34. The van der Waals surface area contributed by atoms with Crippen molar-refractivity contribution in [1.82, 2.24) is 10.2 Å². The highest BCUT2D eigenvalue weighted by Gasteiger charge is 2.21. The molecule has 1 aliphatic heterocycles. The third kappa shape index (κ3) is 4.32. The normalized spacial score (nSPS) is 14.0. The van der Waals surface area contributed by atoms with Crippen molar-refractivity contribution >= 4 is 28.9 Å². The summed E-state index contributed by atoms with van der Waals surface area (Å²) in [6, 6.07) is 17.5. The lowest BCUT2D eigenvalue weighted by Gasteiger charge is -2.37. The predicted molar refractivity (Wildman–Crippen MR) is 108 cm³/mol. The van der Waals surface area contributed by atoms with Gasteiger partial charge >= 0.3 is 0 Å². The van der Waals surface area contributed by atoms with Gasteiger partial charge in [0.1, 0.15) is 5.75 Å².